The zero-order valence-electron chi connectivity index (χ0n) is 13.8. The van der Waals surface area contributed by atoms with Crippen LogP contribution in [0.2, 0.25) is 0 Å². The molecule has 1 amide bonds. The van der Waals surface area contributed by atoms with E-state index < -0.39 is 21.0 Å². The highest BCUT2D eigenvalue weighted by Crippen LogP contribution is 2.29. The summed E-state index contributed by atoms with van der Waals surface area (Å²) in [7, 11) is -3.42. The van der Waals surface area contributed by atoms with E-state index in [1.807, 2.05) is 19.2 Å². The summed E-state index contributed by atoms with van der Waals surface area (Å²) in [4.78, 5) is 16.4. The van der Waals surface area contributed by atoms with E-state index in [1.54, 1.807) is 0 Å². The number of hydrogen-bond donors (Lipinski definition) is 1. The fraction of sp³-hybridized carbons (Fsp3) is 0.375. The van der Waals surface area contributed by atoms with Crippen LogP contribution in [0, 0.1) is 20.8 Å². The molecule has 0 aliphatic heterocycles. The molecule has 0 radical (unpaired) electrons. The quantitative estimate of drug-likeness (QED) is 0.917. The minimum Gasteiger partial charge on any atom is -0.301 e. The van der Waals surface area contributed by atoms with Crippen LogP contribution < -0.4 is 5.32 Å². The summed E-state index contributed by atoms with van der Waals surface area (Å²) in [6.45, 7) is 7.49. The molecule has 2 rings (SSSR count). The fourth-order valence-corrected chi connectivity index (χ4v) is 3.25. The van der Waals surface area contributed by atoms with Gasteiger partial charge in [0.1, 0.15) is 5.25 Å². The number of benzene rings is 1. The number of nitrogens with one attached hydrogen (secondary N) is 1. The number of rotatable bonds is 4. The predicted molar refractivity (Wildman–Crippen MR) is 94.7 cm³/mol. The first kappa shape index (κ1) is 17.6. The summed E-state index contributed by atoms with van der Waals surface area (Å²) in [5, 5.41) is 3.73. The molecule has 0 unspecified atom stereocenters. The van der Waals surface area contributed by atoms with Gasteiger partial charge < -0.3 is 5.32 Å². The van der Waals surface area contributed by atoms with Crippen molar-refractivity contribution in [1.29, 1.82) is 0 Å². The van der Waals surface area contributed by atoms with Crippen LogP contribution in [0.1, 0.15) is 23.6 Å². The van der Waals surface area contributed by atoms with E-state index in [1.165, 1.54) is 29.4 Å². The van der Waals surface area contributed by atoms with E-state index in [0.717, 1.165) is 23.1 Å². The Morgan fingerprint density at radius 1 is 1.17 bits per heavy atom. The number of carbonyl (C=O) groups excluding carboxylic acids is 1. The van der Waals surface area contributed by atoms with Gasteiger partial charge >= 0.3 is 0 Å². The SMILES string of the molecule is Cc1cc(C)c(-c2csc(NC(=O)[C@H](C)S(C)(=O)=O)n2)cc1C. The number of anilines is 1. The molecule has 1 aromatic carbocycles. The minimum absolute atomic E-state index is 0.401. The molecule has 0 saturated heterocycles. The summed E-state index contributed by atoms with van der Waals surface area (Å²) >= 11 is 1.28. The van der Waals surface area contributed by atoms with Crippen LogP contribution in [0.25, 0.3) is 11.3 Å². The Hall–Kier alpha value is -1.73. The van der Waals surface area contributed by atoms with E-state index >= 15 is 0 Å². The van der Waals surface area contributed by atoms with Crippen molar-refractivity contribution in [3.63, 3.8) is 0 Å². The number of thiazole rings is 1. The molecule has 7 heteroatoms. The van der Waals surface area contributed by atoms with Gasteiger partial charge in [-0.2, -0.15) is 0 Å². The van der Waals surface area contributed by atoms with E-state index in [2.05, 4.69) is 29.4 Å². The first-order chi connectivity index (χ1) is 10.6. The normalized spacial score (nSPS) is 12.9. The lowest BCUT2D eigenvalue weighted by atomic mass is 9.99. The topological polar surface area (TPSA) is 76.1 Å². The van der Waals surface area contributed by atoms with Gasteiger partial charge in [-0.05, 0) is 50.5 Å². The van der Waals surface area contributed by atoms with Crippen LogP contribution in [0.5, 0.6) is 0 Å². The Kier molecular flexibility index (Phi) is 4.91. The highest BCUT2D eigenvalue weighted by molar-refractivity contribution is 7.92. The first-order valence-corrected chi connectivity index (χ1v) is 9.96. The summed E-state index contributed by atoms with van der Waals surface area (Å²) in [6.07, 6.45) is 1.04. The highest BCUT2D eigenvalue weighted by atomic mass is 32.2. The average molecular weight is 352 g/mol. The van der Waals surface area contributed by atoms with Gasteiger partial charge in [0.2, 0.25) is 5.91 Å². The molecule has 0 fully saturated rings. The van der Waals surface area contributed by atoms with Crippen molar-refractivity contribution in [3.8, 4) is 11.3 Å². The van der Waals surface area contributed by atoms with E-state index in [4.69, 9.17) is 0 Å². The van der Waals surface area contributed by atoms with Crippen LogP contribution in [0.3, 0.4) is 0 Å². The van der Waals surface area contributed by atoms with E-state index in [-0.39, 0.29) is 0 Å². The third kappa shape index (κ3) is 3.97. The van der Waals surface area contributed by atoms with Gasteiger partial charge in [-0.15, -0.1) is 11.3 Å². The number of nitrogens with zero attached hydrogens (tertiary/aromatic N) is 1. The monoisotopic (exact) mass is 352 g/mol. The molecular weight excluding hydrogens is 332 g/mol. The van der Waals surface area contributed by atoms with Gasteiger partial charge in [0, 0.05) is 17.2 Å². The second-order valence-electron chi connectivity index (χ2n) is 5.75. The number of sulfone groups is 1. The van der Waals surface area contributed by atoms with Crippen molar-refractivity contribution in [1.82, 2.24) is 4.98 Å². The van der Waals surface area contributed by atoms with Crippen LogP contribution in [0.4, 0.5) is 5.13 Å². The standard InChI is InChI=1S/C16H20N2O3S2/c1-9-6-11(3)13(7-10(9)2)14-8-22-16(17-14)18-15(19)12(4)23(5,20)21/h6-8,12H,1-5H3,(H,17,18,19)/t12-/m0/s1. The van der Waals surface area contributed by atoms with E-state index in [9.17, 15) is 13.2 Å². The van der Waals surface area contributed by atoms with Crippen LogP contribution in [-0.2, 0) is 14.6 Å². The number of amides is 1. The lowest BCUT2D eigenvalue weighted by Gasteiger charge is -2.09. The maximum Gasteiger partial charge on any atom is 0.244 e. The smallest absolute Gasteiger partial charge is 0.244 e. The Balaban J connectivity index is 2.25. The predicted octanol–water partition coefficient (Wildman–Crippen LogP) is 3.11. The molecular formula is C16H20N2O3S2. The first-order valence-electron chi connectivity index (χ1n) is 7.13. The van der Waals surface area contributed by atoms with Crippen LogP contribution in [-0.4, -0.2) is 30.8 Å². The van der Waals surface area contributed by atoms with Gasteiger partial charge in [0.25, 0.3) is 0 Å². The van der Waals surface area contributed by atoms with Crippen LogP contribution in [0.15, 0.2) is 17.5 Å². The van der Waals surface area contributed by atoms with Crippen molar-refractivity contribution in [2.45, 2.75) is 32.9 Å². The van der Waals surface area contributed by atoms with Gasteiger partial charge in [-0.1, -0.05) is 6.07 Å². The number of aromatic nitrogens is 1. The molecule has 1 N–H and O–H groups in total. The molecule has 0 aliphatic carbocycles. The van der Waals surface area contributed by atoms with E-state index in [0.29, 0.717) is 5.13 Å². The molecule has 0 aliphatic rings. The number of aryl methyl sites for hydroxylation is 3. The van der Waals surface area contributed by atoms with Crippen molar-refractivity contribution in [2.75, 3.05) is 11.6 Å². The summed E-state index contributed by atoms with van der Waals surface area (Å²) in [6, 6.07) is 4.18. The van der Waals surface area contributed by atoms with Crippen molar-refractivity contribution in [3.05, 3.63) is 34.2 Å². The molecule has 0 bridgehead atoms. The molecule has 1 atom stereocenters. The maximum atomic E-state index is 11.9. The fourth-order valence-electron chi connectivity index (χ4n) is 2.09. The van der Waals surface area contributed by atoms with Gasteiger partial charge in [-0.25, -0.2) is 13.4 Å². The average Bonchev–Trinajstić information content (AvgIpc) is 2.89. The molecule has 1 heterocycles. The molecule has 5 nitrogen and oxygen atoms in total. The van der Waals surface area contributed by atoms with Gasteiger partial charge in [0.05, 0.1) is 5.69 Å². The lowest BCUT2D eigenvalue weighted by Crippen LogP contribution is -2.31. The summed E-state index contributed by atoms with van der Waals surface area (Å²) in [5.41, 5.74) is 5.30. The molecule has 23 heavy (non-hydrogen) atoms. The zero-order valence-corrected chi connectivity index (χ0v) is 15.4. The summed E-state index contributed by atoms with van der Waals surface area (Å²) in [5.74, 6) is -0.565. The largest absolute Gasteiger partial charge is 0.301 e. The minimum atomic E-state index is -3.42. The van der Waals surface area contributed by atoms with Gasteiger partial charge in [0.15, 0.2) is 15.0 Å². The number of carbonyl (C=O) groups is 1. The Labute approximate surface area is 140 Å². The second-order valence-corrected chi connectivity index (χ2v) is 8.97. The maximum absolute atomic E-state index is 11.9. The van der Waals surface area contributed by atoms with Crippen molar-refractivity contribution < 1.29 is 13.2 Å². The summed E-state index contributed by atoms with van der Waals surface area (Å²) < 4.78 is 22.9. The molecule has 2 aromatic rings. The second kappa shape index (κ2) is 6.41. The Morgan fingerprint density at radius 3 is 2.39 bits per heavy atom. The Morgan fingerprint density at radius 2 is 1.78 bits per heavy atom. The molecule has 124 valence electrons. The lowest BCUT2D eigenvalue weighted by molar-refractivity contribution is -0.115. The Bertz CT molecular complexity index is 854. The van der Waals surface area contributed by atoms with Crippen LogP contribution >= 0.6 is 11.3 Å². The third-order valence-corrected chi connectivity index (χ3v) is 6.12. The number of hydrogen-bond acceptors (Lipinski definition) is 5. The molecule has 1 aromatic heterocycles. The van der Waals surface area contributed by atoms with Gasteiger partial charge in [-0.3, -0.25) is 4.79 Å². The highest BCUT2D eigenvalue weighted by Gasteiger charge is 2.24. The van der Waals surface area contributed by atoms with Crippen molar-refractivity contribution in [2.24, 2.45) is 0 Å². The zero-order chi connectivity index (χ0) is 17.4. The van der Waals surface area contributed by atoms with Crippen molar-refractivity contribution >= 4 is 32.2 Å². The third-order valence-electron chi connectivity index (χ3n) is 3.86. The molecule has 0 spiro atoms. The molecule has 0 saturated carbocycles.